The Morgan fingerprint density at radius 1 is 1.08 bits per heavy atom. The second-order valence-electron chi connectivity index (χ2n) is 6.33. The van der Waals surface area contributed by atoms with Gasteiger partial charge in [-0.2, -0.15) is 0 Å². The number of hydrogen-bond acceptors (Lipinski definition) is 4. The fourth-order valence-corrected chi connectivity index (χ4v) is 3.04. The van der Waals surface area contributed by atoms with E-state index < -0.39 is 6.10 Å². The lowest BCUT2D eigenvalue weighted by Crippen LogP contribution is -2.30. The number of esters is 1. The summed E-state index contributed by atoms with van der Waals surface area (Å²) >= 11 is 0. The van der Waals surface area contributed by atoms with Crippen molar-refractivity contribution in [3.63, 3.8) is 0 Å². The number of carbonyl (C=O) groups is 2. The topological polar surface area (TPSA) is 64.6 Å². The molecule has 0 aliphatic heterocycles. The van der Waals surface area contributed by atoms with Gasteiger partial charge in [-0.25, -0.2) is 4.79 Å². The van der Waals surface area contributed by atoms with E-state index in [0.717, 1.165) is 18.5 Å². The van der Waals surface area contributed by atoms with Crippen molar-refractivity contribution in [3.8, 4) is 5.75 Å². The van der Waals surface area contributed by atoms with Gasteiger partial charge in [-0.05, 0) is 80.6 Å². The first-order valence-electron chi connectivity index (χ1n) is 8.93. The van der Waals surface area contributed by atoms with E-state index in [1.54, 1.807) is 38.1 Å². The summed E-state index contributed by atoms with van der Waals surface area (Å²) in [4.78, 5) is 24.0. The Hall–Kier alpha value is -2.82. The Balaban J connectivity index is 1.58. The third-order valence-corrected chi connectivity index (χ3v) is 4.41. The molecular formula is C21H23NO4. The Bertz CT molecular complexity index is 798. The summed E-state index contributed by atoms with van der Waals surface area (Å²) in [6, 6.07) is 12.6. The average Bonchev–Trinajstić information content (AvgIpc) is 3.10. The van der Waals surface area contributed by atoms with Gasteiger partial charge in [0.05, 0.1) is 12.2 Å². The van der Waals surface area contributed by atoms with Gasteiger partial charge in [0.25, 0.3) is 5.91 Å². The fourth-order valence-electron chi connectivity index (χ4n) is 3.04. The van der Waals surface area contributed by atoms with E-state index in [2.05, 4.69) is 11.4 Å². The highest BCUT2D eigenvalue weighted by molar-refractivity contribution is 5.94. The number of fused-ring (bicyclic) bond motifs is 1. The van der Waals surface area contributed by atoms with Gasteiger partial charge in [-0.1, -0.05) is 6.07 Å². The van der Waals surface area contributed by atoms with Gasteiger partial charge in [0.1, 0.15) is 5.75 Å². The molecule has 26 heavy (non-hydrogen) atoms. The molecule has 0 bridgehead atoms. The molecule has 136 valence electrons. The second-order valence-corrected chi connectivity index (χ2v) is 6.33. The van der Waals surface area contributed by atoms with E-state index >= 15 is 0 Å². The normalized spacial score (nSPS) is 13.6. The van der Waals surface area contributed by atoms with Gasteiger partial charge in [0.15, 0.2) is 6.10 Å². The van der Waals surface area contributed by atoms with Crippen LogP contribution in [0.3, 0.4) is 0 Å². The average molecular weight is 353 g/mol. The molecule has 0 saturated heterocycles. The van der Waals surface area contributed by atoms with Crippen LogP contribution < -0.4 is 10.1 Å². The molecule has 5 nitrogen and oxygen atoms in total. The highest BCUT2D eigenvalue weighted by Gasteiger charge is 2.17. The lowest BCUT2D eigenvalue weighted by molar-refractivity contribution is -0.122. The molecule has 1 amide bonds. The van der Waals surface area contributed by atoms with Gasteiger partial charge in [-0.3, -0.25) is 4.79 Å². The summed E-state index contributed by atoms with van der Waals surface area (Å²) in [5, 5.41) is 2.90. The molecule has 2 aromatic carbocycles. The Kier molecular flexibility index (Phi) is 5.56. The maximum Gasteiger partial charge on any atom is 0.338 e. The number of aryl methyl sites for hydroxylation is 2. The van der Waals surface area contributed by atoms with E-state index in [0.29, 0.717) is 17.9 Å². The highest BCUT2D eigenvalue weighted by atomic mass is 16.5. The fraction of sp³-hybridized carbons (Fsp3) is 0.333. The summed E-state index contributed by atoms with van der Waals surface area (Å²) in [6.45, 7) is 3.79. The standard InChI is InChI=1S/C21H23NO4/c1-3-25-21(24)16-8-11-19(12-9-16)26-14(2)20(23)22-18-10-7-15-5-4-6-17(15)13-18/h7-14H,3-6H2,1-2H3,(H,22,23). The highest BCUT2D eigenvalue weighted by Crippen LogP contribution is 2.25. The minimum absolute atomic E-state index is 0.211. The smallest absolute Gasteiger partial charge is 0.338 e. The number of anilines is 1. The molecule has 1 aliphatic rings. The predicted molar refractivity (Wildman–Crippen MR) is 99.6 cm³/mol. The van der Waals surface area contributed by atoms with Crippen LogP contribution in [0.5, 0.6) is 5.75 Å². The SMILES string of the molecule is CCOC(=O)c1ccc(OC(C)C(=O)Nc2ccc3c(c2)CCC3)cc1. The number of amides is 1. The number of carbonyl (C=O) groups excluding carboxylic acids is 2. The van der Waals surface area contributed by atoms with Gasteiger partial charge >= 0.3 is 5.97 Å². The van der Waals surface area contributed by atoms with Crippen molar-refractivity contribution in [2.24, 2.45) is 0 Å². The largest absolute Gasteiger partial charge is 0.481 e. The molecule has 1 atom stereocenters. The molecule has 5 heteroatoms. The maximum absolute atomic E-state index is 12.4. The molecule has 1 N–H and O–H groups in total. The zero-order valence-electron chi connectivity index (χ0n) is 15.1. The zero-order valence-corrected chi connectivity index (χ0v) is 15.1. The lowest BCUT2D eigenvalue weighted by Gasteiger charge is -2.15. The number of nitrogens with one attached hydrogen (secondary N) is 1. The lowest BCUT2D eigenvalue weighted by atomic mass is 10.1. The van der Waals surface area contributed by atoms with Crippen LogP contribution in [-0.2, 0) is 22.4 Å². The molecule has 0 aromatic heterocycles. The van der Waals surface area contributed by atoms with E-state index in [1.807, 2.05) is 12.1 Å². The van der Waals surface area contributed by atoms with Crippen molar-refractivity contribution >= 4 is 17.6 Å². The molecule has 1 unspecified atom stereocenters. The van der Waals surface area contributed by atoms with Crippen LogP contribution in [0.1, 0.15) is 41.8 Å². The molecule has 0 fully saturated rings. The summed E-state index contributed by atoms with van der Waals surface area (Å²) in [5.41, 5.74) is 3.93. The first-order chi connectivity index (χ1) is 12.6. The van der Waals surface area contributed by atoms with Crippen molar-refractivity contribution in [1.29, 1.82) is 0 Å². The van der Waals surface area contributed by atoms with Crippen LogP contribution in [0, 0.1) is 0 Å². The van der Waals surface area contributed by atoms with Crippen molar-refractivity contribution < 1.29 is 19.1 Å². The van der Waals surface area contributed by atoms with E-state index in [9.17, 15) is 9.59 Å². The Morgan fingerprint density at radius 2 is 1.81 bits per heavy atom. The van der Waals surface area contributed by atoms with Crippen LogP contribution in [0.25, 0.3) is 0 Å². The third kappa shape index (κ3) is 4.23. The molecule has 1 aliphatic carbocycles. The molecule has 0 saturated carbocycles. The van der Waals surface area contributed by atoms with Crippen LogP contribution in [0.15, 0.2) is 42.5 Å². The van der Waals surface area contributed by atoms with Gasteiger partial charge in [0, 0.05) is 5.69 Å². The summed E-state index contributed by atoms with van der Waals surface area (Å²) in [6.07, 6.45) is 2.70. The van der Waals surface area contributed by atoms with E-state index in [-0.39, 0.29) is 11.9 Å². The second kappa shape index (κ2) is 8.04. The quantitative estimate of drug-likeness (QED) is 0.803. The minimum Gasteiger partial charge on any atom is -0.481 e. The van der Waals surface area contributed by atoms with Crippen LogP contribution in [0.2, 0.25) is 0 Å². The number of rotatable bonds is 6. The van der Waals surface area contributed by atoms with Crippen molar-refractivity contribution in [1.82, 2.24) is 0 Å². The predicted octanol–water partition coefficient (Wildman–Crippen LogP) is 3.76. The molecule has 3 rings (SSSR count). The number of ether oxygens (including phenoxy) is 2. The molecule has 2 aromatic rings. The van der Waals surface area contributed by atoms with Crippen LogP contribution in [-0.4, -0.2) is 24.6 Å². The molecule has 0 spiro atoms. The van der Waals surface area contributed by atoms with Crippen LogP contribution in [0.4, 0.5) is 5.69 Å². The molecule has 0 heterocycles. The molecular weight excluding hydrogens is 330 g/mol. The number of hydrogen-bond donors (Lipinski definition) is 1. The van der Waals surface area contributed by atoms with Crippen molar-refractivity contribution in [2.75, 3.05) is 11.9 Å². The van der Waals surface area contributed by atoms with Crippen molar-refractivity contribution in [3.05, 3.63) is 59.2 Å². The first-order valence-corrected chi connectivity index (χ1v) is 8.93. The summed E-state index contributed by atoms with van der Waals surface area (Å²) in [5.74, 6) is -0.0616. The monoisotopic (exact) mass is 353 g/mol. The Labute approximate surface area is 153 Å². The van der Waals surface area contributed by atoms with Crippen LogP contribution >= 0.6 is 0 Å². The number of benzene rings is 2. The third-order valence-electron chi connectivity index (χ3n) is 4.41. The maximum atomic E-state index is 12.4. The first kappa shape index (κ1) is 18.0. The summed E-state index contributed by atoms with van der Waals surface area (Å²) in [7, 11) is 0. The van der Waals surface area contributed by atoms with E-state index in [1.165, 1.54) is 17.5 Å². The Morgan fingerprint density at radius 3 is 2.54 bits per heavy atom. The van der Waals surface area contributed by atoms with Crippen molar-refractivity contribution in [2.45, 2.75) is 39.2 Å². The van der Waals surface area contributed by atoms with Gasteiger partial charge in [-0.15, -0.1) is 0 Å². The van der Waals surface area contributed by atoms with Gasteiger partial charge in [0.2, 0.25) is 0 Å². The zero-order chi connectivity index (χ0) is 18.5. The van der Waals surface area contributed by atoms with E-state index in [4.69, 9.17) is 9.47 Å². The van der Waals surface area contributed by atoms with Gasteiger partial charge < -0.3 is 14.8 Å². The minimum atomic E-state index is -0.656. The summed E-state index contributed by atoms with van der Waals surface area (Å²) < 4.78 is 10.6. The molecule has 0 radical (unpaired) electrons.